The summed E-state index contributed by atoms with van der Waals surface area (Å²) in [5.41, 5.74) is 1.53. The molecule has 1 heterocycles. The molecule has 1 atom stereocenters. The summed E-state index contributed by atoms with van der Waals surface area (Å²) >= 11 is 0. The van der Waals surface area contributed by atoms with E-state index in [0.717, 1.165) is 12.0 Å². The number of rotatable bonds is 6. The third-order valence-electron chi connectivity index (χ3n) is 4.13. The van der Waals surface area contributed by atoms with Crippen molar-refractivity contribution in [2.45, 2.75) is 25.8 Å². The predicted octanol–water partition coefficient (Wildman–Crippen LogP) is 5.04. The van der Waals surface area contributed by atoms with E-state index in [2.05, 4.69) is 28.5 Å². The molecule has 0 radical (unpaired) electrons. The smallest absolute Gasteiger partial charge is 0.253 e. The molecule has 146 valence electrons. The first-order valence-corrected chi connectivity index (χ1v) is 8.99. The van der Waals surface area contributed by atoms with Crippen molar-refractivity contribution in [1.29, 1.82) is 0 Å². The fourth-order valence-corrected chi connectivity index (χ4v) is 2.70. The van der Waals surface area contributed by atoms with E-state index in [1.807, 2.05) is 37.3 Å². The number of carbonyl (C=O) groups is 1. The Kier molecular flexibility index (Phi) is 7.63. The molecule has 6 heteroatoms. The Balaban J connectivity index is 0.00000136. The zero-order valence-corrected chi connectivity index (χ0v) is 16.1. The summed E-state index contributed by atoms with van der Waals surface area (Å²) < 4.78 is 19.7. The van der Waals surface area contributed by atoms with E-state index in [9.17, 15) is 9.18 Å². The Morgan fingerprint density at radius 1 is 1.32 bits per heavy atom. The van der Waals surface area contributed by atoms with Crippen LogP contribution in [0.5, 0.6) is 0 Å². The molecule has 2 aromatic carbocycles. The van der Waals surface area contributed by atoms with Gasteiger partial charge in [-0.1, -0.05) is 25.1 Å². The molecule has 0 aliphatic heterocycles. The molecule has 0 aliphatic rings. The number of nitrogens with zero attached hydrogens (tertiary/aromatic N) is 2. The molecule has 0 saturated carbocycles. The maximum absolute atomic E-state index is 14.0. The maximum atomic E-state index is 14.0. The van der Waals surface area contributed by atoms with Crippen LogP contribution in [0, 0.1) is 5.82 Å². The molecule has 5 nitrogen and oxygen atoms in total. The number of amides is 1. The van der Waals surface area contributed by atoms with E-state index in [0.29, 0.717) is 17.8 Å². The van der Waals surface area contributed by atoms with E-state index >= 15 is 0 Å². The van der Waals surface area contributed by atoms with Gasteiger partial charge in [0, 0.05) is 37.4 Å². The fourth-order valence-electron chi connectivity index (χ4n) is 2.70. The molecule has 1 unspecified atom stereocenters. The minimum atomic E-state index is -0.540. The summed E-state index contributed by atoms with van der Waals surface area (Å²) in [6.07, 6.45) is 3.11. The molecular weight excluding hydrogens is 357 g/mol. The van der Waals surface area contributed by atoms with E-state index in [1.165, 1.54) is 12.1 Å². The van der Waals surface area contributed by atoms with Crippen LogP contribution in [0.25, 0.3) is 22.6 Å². The van der Waals surface area contributed by atoms with Crippen molar-refractivity contribution in [3.05, 3.63) is 67.0 Å². The van der Waals surface area contributed by atoms with Crippen LogP contribution < -0.4 is 5.32 Å². The van der Waals surface area contributed by atoms with Gasteiger partial charge in [-0.05, 0) is 24.6 Å². The van der Waals surface area contributed by atoms with Crippen molar-refractivity contribution >= 4 is 23.2 Å². The summed E-state index contributed by atoms with van der Waals surface area (Å²) in [6.45, 7) is 7.97. The lowest BCUT2D eigenvalue weighted by atomic mass is 10.1. The minimum absolute atomic E-state index is 0.0787. The monoisotopic (exact) mass is 381 g/mol. The van der Waals surface area contributed by atoms with Crippen LogP contribution in [0.3, 0.4) is 0 Å². The number of carbonyl (C=O) groups excluding carboxylic acids is 1. The Hall–Kier alpha value is -3.28. The van der Waals surface area contributed by atoms with Crippen molar-refractivity contribution in [2.24, 2.45) is 4.99 Å². The molecule has 1 amide bonds. The molecule has 0 aliphatic carbocycles. The molecule has 0 fully saturated rings. The van der Waals surface area contributed by atoms with Gasteiger partial charge < -0.3 is 14.7 Å². The highest BCUT2D eigenvalue weighted by Crippen LogP contribution is 2.27. The second kappa shape index (κ2) is 10.2. The van der Waals surface area contributed by atoms with E-state index in [4.69, 9.17) is 4.42 Å². The van der Waals surface area contributed by atoms with E-state index in [-0.39, 0.29) is 23.1 Å². The number of aromatic nitrogens is 1. The van der Waals surface area contributed by atoms with Crippen LogP contribution in [-0.4, -0.2) is 30.2 Å². The number of nitrogens with one attached hydrogen (secondary N) is 1. The Bertz CT molecular complexity index is 951. The summed E-state index contributed by atoms with van der Waals surface area (Å²) in [4.78, 5) is 21.0. The number of aliphatic imine (C=N–C) groups is 1. The number of halogens is 1. The van der Waals surface area contributed by atoms with Crippen LogP contribution in [0.1, 0.15) is 30.1 Å². The topological polar surface area (TPSA) is 67.5 Å². The lowest BCUT2D eigenvalue weighted by Crippen LogP contribution is -2.34. The second-order valence-corrected chi connectivity index (χ2v) is 5.94. The van der Waals surface area contributed by atoms with Crippen LogP contribution in [-0.2, 0) is 0 Å². The average molecular weight is 381 g/mol. The van der Waals surface area contributed by atoms with E-state index < -0.39 is 5.82 Å². The first-order valence-electron chi connectivity index (χ1n) is 8.99. The third kappa shape index (κ3) is 4.91. The summed E-state index contributed by atoms with van der Waals surface area (Å²) in [7, 11) is 1.69. The summed E-state index contributed by atoms with van der Waals surface area (Å²) in [5.74, 6) is -0.564. The quantitative estimate of drug-likeness (QED) is 0.481. The largest absolute Gasteiger partial charge is 0.436 e. The van der Waals surface area contributed by atoms with Gasteiger partial charge in [0.05, 0.1) is 5.56 Å². The van der Waals surface area contributed by atoms with Gasteiger partial charge in [0.2, 0.25) is 5.89 Å². The molecule has 0 spiro atoms. The van der Waals surface area contributed by atoms with Crippen LogP contribution >= 0.6 is 0 Å². The van der Waals surface area contributed by atoms with Gasteiger partial charge in [-0.25, -0.2) is 9.37 Å². The summed E-state index contributed by atoms with van der Waals surface area (Å²) in [6, 6.07) is 11.6. The zero-order valence-electron chi connectivity index (χ0n) is 16.1. The van der Waals surface area contributed by atoms with Crippen molar-refractivity contribution < 1.29 is 13.6 Å². The lowest BCUT2D eigenvalue weighted by molar-refractivity contribution is 0.0938. The van der Waals surface area contributed by atoms with E-state index in [1.54, 1.807) is 13.3 Å². The van der Waals surface area contributed by atoms with Gasteiger partial charge in [0.15, 0.2) is 5.58 Å². The maximum Gasteiger partial charge on any atom is 0.253 e. The summed E-state index contributed by atoms with van der Waals surface area (Å²) in [5, 5.41) is 2.91. The standard InChI is InChI=1S/C20H20FN3O2.C2H4/c1-3-15(9-10-22-2)23-19(25)16-11-14(21)12-17-18(16)24-20(26-17)13-7-5-4-6-8-13;1-2/h4-8,10-12,15H,3,9H2,1-2H3,(H,23,25);1-2H2. The molecule has 1 N–H and O–H groups in total. The number of fused-ring (bicyclic) bond motifs is 1. The molecule has 0 bridgehead atoms. The van der Waals surface area contributed by atoms with Crippen molar-refractivity contribution in [3.63, 3.8) is 0 Å². The fraction of sp³-hybridized carbons (Fsp3) is 0.227. The molecule has 3 aromatic rings. The highest BCUT2D eigenvalue weighted by molar-refractivity contribution is 6.05. The van der Waals surface area contributed by atoms with Crippen molar-refractivity contribution in [1.82, 2.24) is 10.3 Å². The van der Waals surface area contributed by atoms with Crippen LogP contribution in [0.15, 0.2) is 65.0 Å². The molecular formula is C22H24FN3O2. The molecule has 28 heavy (non-hydrogen) atoms. The van der Waals surface area contributed by atoms with Crippen LogP contribution in [0.4, 0.5) is 4.39 Å². The Labute approximate surface area is 164 Å². The van der Waals surface area contributed by atoms with Crippen molar-refractivity contribution in [2.75, 3.05) is 7.05 Å². The SMILES string of the molecule is C=C.CCC(CC=NC)NC(=O)c1cc(F)cc2oc(-c3ccccc3)nc12. The molecule has 1 aromatic heterocycles. The number of oxazole rings is 1. The highest BCUT2D eigenvalue weighted by atomic mass is 19.1. The number of benzene rings is 2. The minimum Gasteiger partial charge on any atom is -0.436 e. The van der Waals surface area contributed by atoms with Gasteiger partial charge in [0.1, 0.15) is 11.3 Å². The average Bonchev–Trinajstić information content (AvgIpc) is 3.16. The van der Waals surface area contributed by atoms with Crippen LogP contribution in [0.2, 0.25) is 0 Å². The Morgan fingerprint density at radius 2 is 2.04 bits per heavy atom. The normalized spacial score (nSPS) is 11.8. The molecule has 3 rings (SSSR count). The number of hydrogen-bond donors (Lipinski definition) is 1. The van der Waals surface area contributed by atoms with Gasteiger partial charge in [-0.3, -0.25) is 4.79 Å². The van der Waals surface area contributed by atoms with Gasteiger partial charge in [-0.15, -0.1) is 13.2 Å². The lowest BCUT2D eigenvalue weighted by Gasteiger charge is -2.14. The first kappa shape index (κ1) is 21.0. The van der Waals surface area contributed by atoms with Gasteiger partial charge in [-0.2, -0.15) is 0 Å². The van der Waals surface area contributed by atoms with Crippen molar-refractivity contribution in [3.8, 4) is 11.5 Å². The first-order chi connectivity index (χ1) is 13.6. The van der Waals surface area contributed by atoms with Gasteiger partial charge in [0.25, 0.3) is 5.91 Å². The molecule has 0 saturated heterocycles. The zero-order chi connectivity index (χ0) is 20.5. The van der Waals surface area contributed by atoms with Gasteiger partial charge >= 0.3 is 0 Å². The Morgan fingerprint density at radius 3 is 2.68 bits per heavy atom. The predicted molar refractivity (Wildman–Crippen MR) is 111 cm³/mol. The highest BCUT2D eigenvalue weighted by Gasteiger charge is 2.20. The second-order valence-electron chi connectivity index (χ2n) is 5.94. The number of hydrogen-bond acceptors (Lipinski definition) is 4. The third-order valence-corrected chi connectivity index (χ3v) is 4.13.